The van der Waals surface area contributed by atoms with Crippen LogP contribution in [0.2, 0.25) is 5.02 Å². The zero-order valence-electron chi connectivity index (χ0n) is 11.9. The molecule has 2 nitrogen and oxygen atoms in total. The van der Waals surface area contributed by atoms with Crippen molar-refractivity contribution in [2.24, 2.45) is 11.3 Å². The number of hydrogen-bond acceptors (Lipinski definition) is 1. The van der Waals surface area contributed by atoms with Crippen molar-refractivity contribution in [2.45, 2.75) is 34.1 Å². The number of halogens is 1. The van der Waals surface area contributed by atoms with Crippen LogP contribution < -0.4 is 0 Å². The Morgan fingerprint density at radius 2 is 2.05 bits per heavy atom. The molecule has 1 atom stereocenters. The van der Waals surface area contributed by atoms with E-state index in [4.69, 9.17) is 11.6 Å². The molecule has 0 aliphatic heterocycles. The summed E-state index contributed by atoms with van der Waals surface area (Å²) in [6, 6.07) is 5.58. The molecule has 1 aromatic carbocycles. The van der Waals surface area contributed by atoms with Crippen LogP contribution in [0.5, 0.6) is 0 Å². The molecular weight excluding hydrogens is 258 g/mol. The van der Waals surface area contributed by atoms with Crippen molar-refractivity contribution < 1.29 is 4.79 Å². The topological polar surface area (TPSA) is 32.9 Å². The lowest BCUT2D eigenvalue weighted by molar-refractivity contribution is 0.0929. The van der Waals surface area contributed by atoms with Crippen molar-refractivity contribution in [1.82, 2.24) is 4.98 Å². The Labute approximate surface area is 119 Å². The van der Waals surface area contributed by atoms with Gasteiger partial charge in [0.15, 0.2) is 5.78 Å². The van der Waals surface area contributed by atoms with Gasteiger partial charge < -0.3 is 4.98 Å². The van der Waals surface area contributed by atoms with Gasteiger partial charge in [-0.15, -0.1) is 0 Å². The minimum Gasteiger partial charge on any atom is -0.360 e. The zero-order valence-corrected chi connectivity index (χ0v) is 12.6. The Balaban J connectivity index is 2.29. The molecule has 0 amide bonds. The van der Waals surface area contributed by atoms with E-state index in [9.17, 15) is 4.79 Å². The molecule has 0 saturated carbocycles. The van der Waals surface area contributed by atoms with Crippen LogP contribution in [0.15, 0.2) is 24.4 Å². The van der Waals surface area contributed by atoms with Gasteiger partial charge >= 0.3 is 0 Å². The van der Waals surface area contributed by atoms with Crippen molar-refractivity contribution in [3.63, 3.8) is 0 Å². The number of aromatic amines is 1. The van der Waals surface area contributed by atoms with Crippen molar-refractivity contribution in [2.75, 3.05) is 0 Å². The molecule has 1 aromatic heterocycles. The first kappa shape index (κ1) is 14.1. The molecule has 0 bridgehead atoms. The van der Waals surface area contributed by atoms with Gasteiger partial charge in [0.2, 0.25) is 0 Å². The van der Waals surface area contributed by atoms with Gasteiger partial charge in [0.1, 0.15) is 0 Å². The van der Waals surface area contributed by atoms with E-state index in [0.717, 1.165) is 16.5 Å². The van der Waals surface area contributed by atoms with E-state index in [1.54, 1.807) is 6.20 Å². The van der Waals surface area contributed by atoms with Gasteiger partial charge in [-0.05, 0) is 29.5 Å². The van der Waals surface area contributed by atoms with Crippen LogP contribution in [0, 0.1) is 11.3 Å². The number of benzene rings is 1. The number of aromatic nitrogens is 1. The van der Waals surface area contributed by atoms with Crippen molar-refractivity contribution >= 4 is 28.3 Å². The van der Waals surface area contributed by atoms with E-state index < -0.39 is 0 Å². The number of carbonyl (C=O) groups excluding carboxylic acids is 1. The number of nitrogens with one attached hydrogen (secondary N) is 1. The van der Waals surface area contributed by atoms with E-state index in [-0.39, 0.29) is 11.2 Å². The SMILES string of the molecule is CC(CC(=O)c1c[nH]c2ccc(Cl)cc12)C(C)(C)C. The molecule has 102 valence electrons. The van der Waals surface area contributed by atoms with Crippen LogP contribution >= 0.6 is 11.6 Å². The Bertz CT molecular complexity index is 607. The highest BCUT2D eigenvalue weighted by atomic mass is 35.5. The lowest BCUT2D eigenvalue weighted by Gasteiger charge is -2.26. The Kier molecular flexibility index (Phi) is 3.73. The second-order valence-corrected chi connectivity index (χ2v) is 6.72. The molecular formula is C16H20ClNO. The first-order valence-electron chi connectivity index (χ1n) is 6.59. The largest absolute Gasteiger partial charge is 0.360 e. The summed E-state index contributed by atoms with van der Waals surface area (Å²) in [5.41, 5.74) is 1.84. The molecule has 1 N–H and O–H groups in total. The first-order chi connectivity index (χ1) is 8.79. The Morgan fingerprint density at radius 1 is 1.37 bits per heavy atom. The quantitative estimate of drug-likeness (QED) is 0.780. The van der Waals surface area contributed by atoms with Gasteiger partial charge in [0.05, 0.1) is 0 Å². The Morgan fingerprint density at radius 3 is 2.68 bits per heavy atom. The van der Waals surface area contributed by atoms with Crippen molar-refractivity contribution in [3.05, 3.63) is 35.0 Å². The summed E-state index contributed by atoms with van der Waals surface area (Å²) in [6.45, 7) is 8.62. The van der Waals surface area contributed by atoms with E-state index >= 15 is 0 Å². The molecule has 1 unspecified atom stereocenters. The molecule has 1 heterocycles. The highest BCUT2D eigenvalue weighted by molar-refractivity contribution is 6.31. The molecule has 0 aliphatic carbocycles. The third kappa shape index (κ3) is 3.01. The average molecular weight is 278 g/mol. The van der Waals surface area contributed by atoms with Crippen LogP contribution in [0.3, 0.4) is 0 Å². The summed E-state index contributed by atoms with van der Waals surface area (Å²) in [5, 5.41) is 1.57. The second-order valence-electron chi connectivity index (χ2n) is 6.29. The molecule has 0 saturated heterocycles. The molecule has 0 spiro atoms. The number of H-pyrrole nitrogens is 1. The van der Waals surface area contributed by atoms with E-state index in [0.29, 0.717) is 17.4 Å². The number of fused-ring (bicyclic) bond motifs is 1. The highest BCUT2D eigenvalue weighted by Gasteiger charge is 2.24. The second kappa shape index (κ2) is 5.01. The summed E-state index contributed by atoms with van der Waals surface area (Å²) >= 11 is 6.01. The fraction of sp³-hybridized carbons (Fsp3) is 0.438. The van der Waals surface area contributed by atoms with Crippen LogP contribution in [-0.4, -0.2) is 10.8 Å². The molecule has 0 aliphatic rings. The third-order valence-electron chi connectivity index (χ3n) is 3.91. The van der Waals surface area contributed by atoms with Gasteiger partial charge in [-0.25, -0.2) is 0 Å². The molecule has 3 heteroatoms. The molecule has 0 radical (unpaired) electrons. The van der Waals surface area contributed by atoms with E-state index in [2.05, 4.69) is 32.7 Å². The summed E-state index contributed by atoms with van der Waals surface area (Å²) in [4.78, 5) is 15.6. The smallest absolute Gasteiger partial charge is 0.165 e. The fourth-order valence-electron chi connectivity index (χ4n) is 2.02. The molecule has 2 aromatic rings. The number of hydrogen-bond donors (Lipinski definition) is 1. The van der Waals surface area contributed by atoms with Crippen LogP contribution in [-0.2, 0) is 0 Å². The van der Waals surface area contributed by atoms with Gasteiger partial charge in [-0.3, -0.25) is 4.79 Å². The summed E-state index contributed by atoms with van der Waals surface area (Å²) < 4.78 is 0. The van der Waals surface area contributed by atoms with E-state index in [1.165, 1.54) is 0 Å². The molecule has 19 heavy (non-hydrogen) atoms. The summed E-state index contributed by atoms with van der Waals surface area (Å²) in [7, 11) is 0. The normalized spacial score (nSPS) is 13.7. The molecule has 2 rings (SSSR count). The third-order valence-corrected chi connectivity index (χ3v) is 4.15. The summed E-state index contributed by atoms with van der Waals surface area (Å²) in [6.07, 6.45) is 2.35. The predicted molar refractivity (Wildman–Crippen MR) is 80.9 cm³/mol. The molecule has 0 fully saturated rings. The van der Waals surface area contributed by atoms with E-state index in [1.807, 2.05) is 18.2 Å². The highest BCUT2D eigenvalue weighted by Crippen LogP contribution is 2.31. The van der Waals surface area contributed by atoms with Gasteiger partial charge in [0, 0.05) is 34.1 Å². The van der Waals surface area contributed by atoms with Crippen molar-refractivity contribution in [1.29, 1.82) is 0 Å². The standard InChI is InChI=1S/C16H20ClNO/c1-10(16(2,3)4)7-15(19)13-9-18-14-6-5-11(17)8-12(13)14/h5-6,8-10,18H,7H2,1-4H3. The van der Waals surface area contributed by atoms with Crippen LogP contribution in [0.1, 0.15) is 44.5 Å². The monoisotopic (exact) mass is 277 g/mol. The van der Waals surface area contributed by atoms with Gasteiger partial charge in [0.25, 0.3) is 0 Å². The minimum absolute atomic E-state index is 0.138. The van der Waals surface area contributed by atoms with Crippen LogP contribution in [0.4, 0.5) is 0 Å². The lowest BCUT2D eigenvalue weighted by atomic mass is 9.78. The first-order valence-corrected chi connectivity index (χ1v) is 6.96. The average Bonchev–Trinajstić information content (AvgIpc) is 2.70. The van der Waals surface area contributed by atoms with Gasteiger partial charge in [-0.2, -0.15) is 0 Å². The summed E-state index contributed by atoms with van der Waals surface area (Å²) in [5.74, 6) is 0.514. The zero-order chi connectivity index (χ0) is 14.2. The van der Waals surface area contributed by atoms with Crippen LogP contribution in [0.25, 0.3) is 10.9 Å². The number of carbonyl (C=O) groups is 1. The maximum absolute atomic E-state index is 12.4. The van der Waals surface area contributed by atoms with Crippen molar-refractivity contribution in [3.8, 4) is 0 Å². The van der Waals surface area contributed by atoms with Gasteiger partial charge in [-0.1, -0.05) is 39.3 Å². The maximum Gasteiger partial charge on any atom is 0.165 e. The Hall–Kier alpha value is -1.28. The number of ketones is 1. The number of Topliss-reactive ketones (excluding diaryl/α,β-unsaturated/α-hetero) is 1. The fourth-order valence-corrected chi connectivity index (χ4v) is 2.19. The number of rotatable bonds is 3. The predicted octanol–water partition coefficient (Wildman–Crippen LogP) is 5.08. The minimum atomic E-state index is 0.138. The maximum atomic E-state index is 12.4. The lowest BCUT2D eigenvalue weighted by Crippen LogP contribution is -2.20.